The fourth-order valence-electron chi connectivity index (χ4n) is 2.15. The molecule has 1 heterocycles. The molecular weight excluding hydrogens is 263 g/mol. The lowest BCUT2D eigenvalue weighted by Gasteiger charge is -2.33. The van der Waals surface area contributed by atoms with Crippen LogP contribution in [-0.4, -0.2) is 31.1 Å². The smallest absolute Gasteiger partial charge is 0.337 e. The van der Waals surface area contributed by atoms with Gasteiger partial charge in [0.05, 0.1) is 18.7 Å². The lowest BCUT2D eigenvalue weighted by Crippen LogP contribution is -2.46. The van der Waals surface area contributed by atoms with E-state index in [1.165, 1.54) is 31.2 Å². The van der Waals surface area contributed by atoms with Crippen molar-refractivity contribution in [2.24, 2.45) is 0 Å². The summed E-state index contributed by atoms with van der Waals surface area (Å²) in [5.74, 6) is -1.08. The predicted molar refractivity (Wildman–Crippen MR) is 70.2 cm³/mol. The highest BCUT2D eigenvalue weighted by molar-refractivity contribution is 5.94. The van der Waals surface area contributed by atoms with E-state index in [2.05, 4.69) is 5.32 Å². The molecule has 2 amide bonds. The van der Waals surface area contributed by atoms with Gasteiger partial charge in [-0.25, -0.2) is 14.0 Å². The number of nitrogens with one attached hydrogen (secondary N) is 1. The first kappa shape index (κ1) is 14.0. The molecule has 0 radical (unpaired) electrons. The van der Waals surface area contributed by atoms with Crippen molar-refractivity contribution in [3.05, 3.63) is 46.9 Å². The quantitative estimate of drug-likeness (QED) is 0.841. The summed E-state index contributed by atoms with van der Waals surface area (Å²) in [6.45, 7) is 1.62. The van der Waals surface area contributed by atoms with Crippen LogP contribution in [0.5, 0.6) is 0 Å². The molecule has 106 valence electrons. The normalized spacial score (nSPS) is 18.9. The van der Waals surface area contributed by atoms with Gasteiger partial charge in [0.25, 0.3) is 0 Å². The first-order valence-corrected chi connectivity index (χ1v) is 6.05. The Balaban J connectivity index is 2.58. The number of urea groups is 1. The maximum atomic E-state index is 13.9. The van der Waals surface area contributed by atoms with E-state index in [9.17, 15) is 14.0 Å². The number of methoxy groups -OCH3 is 1. The highest BCUT2D eigenvalue weighted by atomic mass is 19.1. The van der Waals surface area contributed by atoms with Crippen molar-refractivity contribution in [2.45, 2.75) is 13.0 Å². The van der Waals surface area contributed by atoms with Crippen molar-refractivity contribution in [1.82, 2.24) is 10.2 Å². The number of nitrogens with zero attached hydrogens (tertiary/aromatic N) is 1. The van der Waals surface area contributed by atoms with Gasteiger partial charge in [-0.3, -0.25) is 0 Å². The van der Waals surface area contributed by atoms with Crippen LogP contribution in [0.1, 0.15) is 18.5 Å². The largest absolute Gasteiger partial charge is 0.466 e. The van der Waals surface area contributed by atoms with Gasteiger partial charge in [-0.1, -0.05) is 18.2 Å². The van der Waals surface area contributed by atoms with E-state index in [-0.39, 0.29) is 11.1 Å². The number of benzene rings is 1. The number of carbonyl (C=O) groups excluding carboxylic acids is 2. The Kier molecular flexibility index (Phi) is 3.74. The molecule has 1 unspecified atom stereocenters. The number of carbonyl (C=O) groups is 2. The molecule has 0 spiro atoms. The second-order valence-corrected chi connectivity index (χ2v) is 4.45. The van der Waals surface area contributed by atoms with Crippen molar-refractivity contribution in [2.75, 3.05) is 14.2 Å². The third-order valence-electron chi connectivity index (χ3n) is 3.38. The third-order valence-corrected chi connectivity index (χ3v) is 3.38. The van der Waals surface area contributed by atoms with Crippen LogP contribution in [0.4, 0.5) is 9.18 Å². The second-order valence-electron chi connectivity index (χ2n) is 4.45. The van der Waals surface area contributed by atoms with Crippen LogP contribution in [0.25, 0.3) is 0 Å². The SMILES string of the molecule is COC(=O)C1=C(C)N(C)C(=O)NC1c1ccccc1F. The summed E-state index contributed by atoms with van der Waals surface area (Å²) in [6, 6.07) is 4.75. The zero-order chi connectivity index (χ0) is 14.9. The van der Waals surface area contributed by atoms with Crippen molar-refractivity contribution >= 4 is 12.0 Å². The van der Waals surface area contributed by atoms with E-state index >= 15 is 0 Å². The molecule has 0 fully saturated rings. The Labute approximate surface area is 116 Å². The summed E-state index contributed by atoms with van der Waals surface area (Å²) in [6.07, 6.45) is 0. The van der Waals surface area contributed by atoms with Gasteiger partial charge < -0.3 is 15.0 Å². The highest BCUT2D eigenvalue weighted by Gasteiger charge is 2.35. The van der Waals surface area contributed by atoms with Gasteiger partial charge in [0.2, 0.25) is 0 Å². The molecule has 1 atom stereocenters. The third kappa shape index (κ3) is 2.24. The minimum absolute atomic E-state index is 0.222. The van der Waals surface area contributed by atoms with Gasteiger partial charge in [0.15, 0.2) is 0 Å². The molecule has 0 bridgehead atoms. The fraction of sp³-hybridized carbons (Fsp3) is 0.286. The number of allylic oxidation sites excluding steroid dienone is 1. The second kappa shape index (κ2) is 5.32. The van der Waals surface area contributed by atoms with E-state index in [1.54, 1.807) is 19.1 Å². The van der Waals surface area contributed by atoms with Gasteiger partial charge in [0.1, 0.15) is 5.82 Å². The van der Waals surface area contributed by atoms with Crippen molar-refractivity contribution in [3.8, 4) is 0 Å². The monoisotopic (exact) mass is 278 g/mol. The Morgan fingerprint density at radius 3 is 2.65 bits per heavy atom. The summed E-state index contributed by atoms with van der Waals surface area (Å²) in [7, 11) is 2.78. The summed E-state index contributed by atoms with van der Waals surface area (Å²) >= 11 is 0. The highest BCUT2D eigenvalue weighted by Crippen LogP contribution is 2.31. The number of ether oxygens (including phenoxy) is 1. The maximum absolute atomic E-state index is 13.9. The molecule has 2 rings (SSSR count). The van der Waals surface area contributed by atoms with E-state index in [1.807, 2.05) is 0 Å². The van der Waals surface area contributed by atoms with Crippen LogP contribution in [0.2, 0.25) is 0 Å². The van der Waals surface area contributed by atoms with E-state index in [0.29, 0.717) is 5.70 Å². The fourth-order valence-corrected chi connectivity index (χ4v) is 2.15. The lowest BCUT2D eigenvalue weighted by atomic mass is 9.94. The molecule has 0 aromatic heterocycles. The van der Waals surface area contributed by atoms with Crippen LogP contribution < -0.4 is 5.32 Å². The Morgan fingerprint density at radius 1 is 1.40 bits per heavy atom. The number of halogens is 1. The van der Waals surface area contributed by atoms with Crippen LogP contribution in [-0.2, 0) is 9.53 Å². The Bertz CT molecular complexity index is 598. The summed E-state index contributed by atoms with van der Waals surface area (Å²) in [5.41, 5.74) is 0.891. The van der Waals surface area contributed by atoms with Crippen molar-refractivity contribution in [1.29, 1.82) is 0 Å². The van der Waals surface area contributed by atoms with Crippen LogP contribution in [0, 0.1) is 5.82 Å². The van der Waals surface area contributed by atoms with Gasteiger partial charge in [-0.05, 0) is 13.0 Å². The average molecular weight is 278 g/mol. The molecule has 1 aromatic carbocycles. The zero-order valence-corrected chi connectivity index (χ0v) is 11.4. The number of hydrogen-bond acceptors (Lipinski definition) is 3. The lowest BCUT2D eigenvalue weighted by molar-refractivity contribution is -0.136. The first-order chi connectivity index (χ1) is 9.47. The summed E-state index contributed by atoms with van der Waals surface area (Å²) < 4.78 is 18.7. The standard InChI is InChI=1S/C14H15FN2O3/c1-8-11(13(18)20-3)12(16-14(19)17(8)2)9-6-4-5-7-10(9)15/h4-7,12H,1-3H3,(H,16,19). The molecule has 1 N–H and O–H groups in total. The van der Waals surface area contributed by atoms with Crippen molar-refractivity contribution < 1.29 is 18.7 Å². The first-order valence-electron chi connectivity index (χ1n) is 6.05. The topological polar surface area (TPSA) is 58.6 Å². The number of hydrogen-bond donors (Lipinski definition) is 1. The number of amides is 2. The Hall–Kier alpha value is -2.37. The molecule has 0 saturated heterocycles. The van der Waals surface area contributed by atoms with Crippen LogP contribution in [0.3, 0.4) is 0 Å². The Morgan fingerprint density at radius 2 is 2.05 bits per heavy atom. The molecule has 1 aliphatic heterocycles. The number of rotatable bonds is 2. The van der Waals surface area contributed by atoms with E-state index < -0.39 is 23.9 Å². The van der Waals surface area contributed by atoms with Gasteiger partial charge in [-0.2, -0.15) is 0 Å². The maximum Gasteiger partial charge on any atom is 0.337 e. The minimum Gasteiger partial charge on any atom is -0.466 e. The van der Waals surface area contributed by atoms with E-state index in [0.717, 1.165) is 0 Å². The molecular formula is C14H15FN2O3. The van der Waals surface area contributed by atoms with Crippen molar-refractivity contribution in [3.63, 3.8) is 0 Å². The van der Waals surface area contributed by atoms with E-state index in [4.69, 9.17) is 4.74 Å². The molecule has 1 aliphatic rings. The molecule has 1 aromatic rings. The predicted octanol–water partition coefficient (Wildman–Crippen LogP) is 1.97. The average Bonchev–Trinajstić information content (AvgIpc) is 2.44. The minimum atomic E-state index is -0.854. The van der Waals surface area contributed by atoms with Crippen LogP contribution in [0.15, 0.2) is 35.5 Å². The molecule has 6 heteroatoms. The number of esters is 1. The zero-order valence-electron chi connectivity index (χ0n) is 11.4. The van der Waals surface area contributed by atoms with Gasteiger partial charge >= 0.3 is 12.0 Å². The molecule has 0 aliphatic carbocycles. The summed E-state index contributed by atoms with van der Waals surface area (Å²) in [5, 5.41) is 2.61. The van der Waals surface area contributed by atoms with Gasteiger partial charge in [-0.15, -0.1) is 0 Å². The molecule has 0 saturated carbocycles. The van der Waals surface area contributed by atoms with Crippen LogP contribution >= 0.6 is 0 Å². The molecule has 20 heavy (non-hydrogen) atoms. The molecule has 5 nitrogen and oxygen atoms in total. The summed E-state index contributed by atoms with van der Waals surface area (Å²) in [4.78, 5) is 25.1. The van der Waals surface area contributed by atoms with Gasteiger partial charge in [0, 0.05) is 18.3 Å².